The van der Waals surface area contributed by atoms with Crippen LogP contribution in [0, 0.1) is 5.41 Å². The zero-order chi connectivity index (χ0) is 12.6. The van der Waals surface area contributed by atoms with Crippen molar-refractivity contribution in [1.82, 2.24) is 4.90 Å². The van der Waals surface area contributed by atoms with Crippen LogP contribution in [0.2, 0.25) is 0 Å². The minimum Gasteiger partial charge on any atom is -0.388 e. The van der Waals surface area contributed by atoms with Gasteiger partial charge in [-0.3, -0.25) is 10.3 Å². The molecule has 0 radical (unpaired) electrons. The van der Waals surface area contributed by atoms with Crippen molar-refractivity contribution >= 4 is 5.84 Å². The van der Waals surface area contributed by atoms with Gasteiger partial charge in [-0.15, -0.1) is 0 Å². The van der Waals surface area contributed by atoms with Gasteiger partial charge in [0.05, 0.1) is 11.4 Å². The first-order chi connectivity index (χ1) is 8.69. The molecule has 18 heavy (non-hydrogen) atoms. The maximum atomic E-state index is 7.41. The lowest BCUT2D eigenvalue weighted by molar-refractivity contribution is -0.149. The lowest BCUT2D eigenvalue weighted by atomic mass is 9.73. The molecule has 3 aliphatic rings. The van der Waals surface area contributed by atoms with Gasteiger partial charge in [-0.25, -0.2) is 0 Å². The van der Waals surface area contributed by atoms with Gasteiger partial charge in [0.1, 0.15) is 0 Å². The summed E-state index contributed by atoms with van der Waals surface area (Å²) in [5.74, 6) is 0.325. The molecule has 1 spiro atoms. The molecule has 4 nitrogen and oxygen atoms in total. The summed E-state index contributed by atoms with van der Waals surface area (Å²) < 4.78 is 6.01. The summed E-state index contributed by atoms with van der Waals surface area (Å²) >= 11 is 0. The van der Waals surface area contributed by atoms with Crippen LogP contribution in [0.4, 0.5) is 0 Å². The second kappa shape index (κ2) is 4.82. The topological polar surface area (TPSA) is 62.3 Å². The Hall–Kier alpha value is -0.610. The summed E-state index contributed by atoms with van der Waals surface area (Å²) in [5, 5.41) is 7.41. The van der Waals surface area contributed by atoms with E-state index in [-0.39, 0.29) is 5.60 Å². The number of nitrogens with two attached hydrogens (primary N) is 1. The van der Waals surface area contributed by atoms with Crippen LogP contribution in [-0.4, -0.2) is 41.6 Å². The molecule has 1 heterocycles. The van der Waals surface area contributed by atoms with Gasteiger partial charge in [-0.1, -0.05) is 0 Å². The van der Waals surface area contributed by atoms with Crippen LogP contribution in [0.5, 0.6) is 0 Å². The predicted octanol–water partition coefficient (Wildman–Crippen LogP) is 1.88. The second-order valence-electron chi connectivity index (χ2n) is 6.28. The van der Waals surface area contributed by atoms with Crippen molar-refractivity contribution in [3.05, 3.63) is 0 Å². The average molecular weight is 251 g/mol. The Morgan fingerprint density at radius 3 is 2.61 bits per heavy atom. The minimum atomic E-state index is 0.228. The number of hydrogen-bond acceptors (Lipinski definition) is 3. The number of nitrogens with zero attached hydrogens (tertiary/aromatic N) is 1. The lowest BCUT2D eigenvalue weighted by Crippen LogP contribution is -2.53. The van der Waals surface area contributed by atoms with Crippen LogP contribution in [0.1, 0.15) is 51.4 Å². The summed E-state index contributed by atoms with van der Waals surface area (Å²) in [7, 11) is 0. The molecule has 3 N–H and O–H groups in total. The van der Waals surface area contributed by atoms with Gasteiger partial charge in [0, 0.05) is 31.7 Å². The van der Waals surface area contributed by atoms with Gasteiger partial charge >= 0.3 is 0 Å². The Kier molecular flexibility index (Phi) is 3.32. The van der Waals surface area contributed by atoms with Gasteiger partial charge < -0.3 is 10.5 Å². The molecule has 102 valence electrons. The Bertz CT molecular complexity index is 323. The van der Waals surface area contributed by atoms with E-state index in [1.54, 1.807) is 0 Å². The van der Waals surface area contributed by atoms with Crippen LogP contribution < -0.4 is 5.73 Å². The molecule has 1 unspecified atom stereocenters. The molecule has 1 aliphatic heterocycles. The van der Waals surface area contributed by atoms with Crippen molar-refractivity contribution in [3.8, 4) is 0 Å². The number of rotatable bonds is 5. The standard InChI is InChI=1S/C14H25N3O/c15-13(16)4-8-17(11-2-3-11)12-5-9-18-14(10-12)6-1-7-14/h11-12H,1-10H2,(H3,15,16). The number of ether oxygens (including phenoxy) is 1. The molecule has 3 fully saturated rings. The highest BCUT2D eigenvalue weighted by atomic mass is 16.5. The quantitative estimate of drug-likeness (QED) is 0.579. The van der Waals surface area contributed by atoms with Crippen LogP contribution in [0.15, 0.2) is 0 Å². The summed E-state index contributed by atoms with van der Waals surface area (Å²) in [6.07, 6.45) is 9.62. The molecule has 0 aromatic rings. The zero-order valence-corrected chi connectivity index (χ0v) is 11.2. The molecule has 3 rings (SSSR count). The highest BCUT2D eigenvalue weighted by molar-refractivity contribution is 5.76. The largest absolute Gasteiger partial charge is 0.388 e. The van der Waals surface area contributed by atoms with Crippen molar-refractivity contribution in [1.29, 1.82) is 5.41 Å². The van der Waals surface area contributed by atoms with Gasteiger partial charge in [0.15, 0.2) is 0 Å². The Morgan fingerprint density at radius 2 is 2.06 bits per heavy atom. The molecule has 1 saturated heterocycles. The first kappa shape index (κ1) is 12.4. The molecule has 0 bridgehead atoms. The van der Waals surface area contributed by atoms with E-state index in [9.17, 15) is 0 Å². The van der Waals surface area contributed by atoms with E-state index in [0.717, 1.165) is 32.0 Å². The molecule has 0 aromatic heterocycles. The third kappa shape index (κ3) is 2.54. The van der Waals surface area contributed by atoms with E-state index >= 15 is 0 Å². The third-order valence-corrected chi connectivity index (χ3v) is 4.86. The molecule has 0 amide bonds. The van der Waals surface area contributed by atoms with Crippen molar-refractivity contribution < 1.29 is 4.74 Å². The molecule has 2 aliphatic carbocycles. The number of hydrogen-bond donors (Lipinski definition) is 2. The molecular formula is C14H25N3O. The van der Waals surface area contributed by atoms with Crippen LogP contribution in [0.25, 0.3) is 0 Å². The van der Waals surface area contributed by atoms with E-state index in [0.29, 0.717) is 11.9 Å². The maximum Gasteiger partial charge on any atom is 0.0918 e. The van der Waals surface area contributed by atoms with Crippen LogP contribution in [-0.2, 0) is 4.74 Å². The number of amidine groups is 1. The van der Waals surface area contributed by atoms with Crippen LogP contribution in [0.3, 0.4) is 0 Å². The monoisotopic (exact) mass is 251 g/mol. The van der Waals surface area contributed by atoms with E-state index in [1.165, 1.54) is 38.5 Å². The Balaban J connectivity index is 1.60. The normalized spacial score (nSPS) is 30.4. The fourth-order valence-corrected chi connectivity index (χ4v) is 3.52. The van der Waals surface area contributed by atoms with Gasteiger partial charge in [0.2, 0.25) is 0 Å². The fraction of sp³-hybridized carbons (Fsp3) is 0.929. The summed E-state index contributed by atoms with van der Waals surface area (Å²) in [5.41, 5.74) is 5.74. The van der Waals surface area contributed by atoms with Gasteiger partial charge in [-0.05, 0) is 44.9 Å². The first-order valence-electron chi connectivity index (χ1n) is 7.41. The van der Waals surface area contributed by atoms with Crippen molar-refractivity contribution in [2.24, 2.45) is 5.73 Å². The molecule has 4 heteroatoms. The van der Waals surface area contributed by atoms with E-state index in [4.69, 9.17) is 15.9 Å². The predicted molar refractivity (Wildman–Crippen MR) is 71.8 cm³/mol. The molecular weight excluding hydrogens is 226 g/mol. The zero-order valence-electron chi connectivity index (χ0n) is 11.2. The van der Waals surface area contributed by atoms with E-state index in [2.05, 4.69) is 4.90 Å². The van der Waals surface area contributed by atoms with E-state index < -0.39 is 0 Å². The second-order valence-corrected chi connectivity index (χ2v) is 6.28. The highest BCUT2D eigenvalue weighted by Crippen LogP contribution is 2.44. The summed E-state index contributed by atoms with van der Waals surface area (Å²) in [4.78, 5) is 2.63. The van der Waals surface area contributed by atoms with E-state index in [1.807, 2.05) is 0 Å². The smallest absolute Gasteiger partial charge is 0.0918 e. The Morgan fingerprint density at radius 1 is 1.28 bits per heavy atom. The molecule has 0 aromatic carbocycles. The van der Waals surface area contributed by atoms with Gasteiger partial charge in [-0.2, -0.15) is 0 Å². The summed E-state index contributed by atoms with van der Waals surface area (Å²) in [6.45, 7) is 1.90. The van der Waals surface area contributed by atoms with Crippen LogP contribution >= 0.6 is 0 Å². The minimum absolute atomic E-state index is 0.228. The van der Waals surface area contributed by atoms with Gasteiger partial charge in [0.25, 0.3) is 0 Å². The first-order valence-corrected chi connectivity index (χ1v) is 7.41. The van der Waals surface area contributed by atoms with Crippen molar-refractivity contribution in [2.45, 2.75) is 69.1 Å². The maximum absolute atomic E-state index is 7.41. The SMILES string of the molecule is N=C(N)CCN(C1CC1)C1CCOC2(CCC2)C1. The number of nitrogens with one attached hydrogen (secondary N) is 1. The molecule has 2 saturated carbocycles. The fourth-order valence-electron chi connectivity index (χ4n) is 3.52. The molecule has 1 atom stereocenters. The third-order valence-electron chi connectivity index (χ3n) is 4.86. The van der Waals surface area contributed by atoms with Crippen molar-refractivity contribution in [2.75, 3.05) is 13.2 Å². The Labute approximate surface area is 109 Å². The average Bonchev–Trinajstić information content (AvgIpc) is 3.12. The highest BCUT2D eigenvalue weighted by Gasteiger charge is 2.45. The van der Waals surface area contributed by atoms with Crippen molar-refractivity contribution in [3.63, 3.8) is 0 Å². The summed E-state index contributed by atoms with van der Waals surface area (Å²) in [6, 6.07) is 1.44. The lowest BCUT2D eigenvalue weighted by Gasteiger charge is -2.49.